The van der Waals surface area contributed by atoms with E-state index in [1.807, 2.05) is 31.2 Å². The van der Waals surface area contributed by atoms with E-state index in [9.17, 15) is 4.79 Å². The molecule has 0 aliphatic heterocycles. The highest BCUT2D eigenvalue weighted by Gasteiger charge is 2.11. The van der Waals surface area contributed by atoms with Gasteiger partial charge in [0.2, 0.25) is 0 Å². The van der Waals surface area contributed by atoms with E-state index in [-0.39, 0.29) is 0 Å². The molecule has 88 valence electrons. The summed E-state index contributed by atoms with van der Waals surface area (Å²) >= 11 is 0. The number of carbonyl (C=O) groups is 1. The molecule has 0 saturated carbocycles. The molecule has 0 amide bonds. The topological polar surface area (TPSA) is 58.6 Å². The van der Waals surface area contributed by atoms with E-state index < -0.39 is 12.0 Å². The second kappa shape index (κ2) is 6.12. The minimum Gasteiger partial charge on any atom is -0.480 e. The number of carboxylic acids is 1. The molecule has 0 fully saturated rings. The van der Waals surface area contributed by atoms with Gasteiger partial charge < -0.3 is 15.2 Å². The predicted molar refractivity (Wildman–Crippen MR) is 62.5 cm³/mol. The number of anilines is 1. The van der Waals surface area contributed by atoms with Crippen LogP contribution >= 0.6 is 0 Å². The van der Waals surface area contributed by atoms with E-state index in [4.69, 9.17) is 9.84 Å². The van der Waals surface area contributed by atoms with Gasteiger partial charge >= 0.3 is 5.97 Å². The Morgan fingerprint density at radius 1 is 1.50 bits per heavy atom. The van der Waals surface area contributed by atoms with E-state index >= 15 is 0 Å². The first-order valence-electron chi connectivity index (χ1n) is 5.30. The maximum absolute atomic E-state index is 10.7. The molecule has 0 aliphatic rings. The standard InChI is InChI=1S/C12H17NO3/c1-3-16-8-10-6-4-5-7-11(10)13-9(2)12(14)15/h4-7,9,13H,3,8H2,1-2H3,(H,14,15). The van der Waals surface area contributed by atoms with Crippen LogP contribution in [0.15, 0.2) is 24.3 Å². The summed E-state index contributed by atoms with van der Waals surface area (Å²) in [5.74, 6) is -0.869. The zero-order valence-corrected chi connectivity index (χ0v) is 9.56. The van der Waals surface area contributed by atoms with Crippen molar-refractivity contribution in [2.45, 2.75) is 26.5 Å². The second-order valence-corrected chi connectivity index (χ2v) is 3.50. The molecule has 2 N–H and O–H groups in total. The van der Waals surface area contributed by atoms with Crippen LogP contribution in [0.25, 0.3) is 0 Å². The van der Waals surface area contributed by atoms with Crippen molar-refractivity contribution >= 4 is 11.7 Å². The summed E-state index contributed by atoms with van der Waals surface area (Å²) < 4.78 is 5.31. The van der Waals surface area contributed by atoms with Crippen LogP contribution in [0.5, 0.6) is 0 Å². The number of ether oxygens (including phenoxy) is 1. The van der Waals surface area contributed by atoms with Crippen molar-refractivity contribution in [2.75, 3.05) is 11.9 Å². The van der Waals surface area contributed by atoms with Crippen molar-refractivity contribution in [1.82, 2.24) is 0 Å². The second-order valence-electron chi connectivity index (χ2n) is 3.50. The van der Waals surface area contributed by atoms with Crippen LogP contribution in [-0.4, -0.2) is 23.7 Å². The Hall–Kier alpha value is -1.55. The van der Waals surface area contributed by atoms with E-state index in [0.717, 1.165) is 11.3 Å². The fourth-order valence-electron chi connectivity index (χ4n) is 1.29. The van der Waals surface area contributed by atoms with Crippen LogP contribution in [0, 0.1) is 0 Å². The molecule has 1 atom stereocenters. The van der Waals surface area contributed by atoms with Gasteiger partial charge in [0, 0.05) is 17.9 Å². The molecule has 0 aliphatic carbocycles. The summed E-state index contributed by atoms with van der Waals surface area (Å²) in [5.41, 5.74) is 1.78. The third-order valence-electron chi connectivity index (χ3n) is 2.22. The molecule has 0 aromatic heterocycles. The Bertz CT molecular complexity index is 352. The van der Waals surface area contributed by atoms with Crippen molar-refractivity contribution in [3.63, 3.8) is 0 Å². The van der Waals surface area contributed by atoms with E-state index in [2.05, 4.69) is 5.32 Å². The van der Waals surface area contributed by atoms with Gasteiger partial charge in [-0.2, -0.15) is 0 Å². The van der Waals surface area contributed by atoms with Crippen LogP contribution in [-0.2, 0) is 16.1 Å². The summed E-state index contributed by atoms with van der Waals surface area (Å²) in [6.07, 6.45) is 0. The molecular formula is C12H17NO3. The third kappa shape index (κ3) is 3.55. The number of hydrogen-bond donors (Lipinski definition) is 2. The van der Waals surface area contributed by atoms with Gasteiger partial charge in [-0.15, -0.1) is 0 Å². The van der Waals surface area contributed by atoms with E-state index in [1.54, 1.807) is 6.92 Å². The normalized spacial score (nSPS) is 12.1. The average Bonchev–Trinajstić information content (AvgIpc) is 2.27. The van der Waals surface area contributed by atoms with Gasteiger partial charge in [0.1, 0.15) is 6.04 Å². The molecule has 4 heteroatoms. The molecule has 0 radical (unpaired) electrons. The first-order chi connectivity index (χ1) is 7.65. The number of rotatable bonds is 6. The molecule has 0 saturated heterocycles. The van der Waals surface area contributed by atoms with Gasteiger partial charge in [0.15, 0.2) is 0 Å². The van der Waals surface area contributed by atoms with Crippen LogP contribution in [0.2, 0.25) is 0 Å². The molecule has 1 rings (SSSR count). The van der Waals surface area contributed by atoms with Crippen LogP contribution in [0.3, 0.4) is 0 Å². The number of nitrogens with one attached hydrogen (secondary N) is 1. The highest BCUT2D eigenvalue weighted by atomic mass is 16.5. The fraction of sp³-hybridized carbons (Fsp3) is 0.417. The van der Waals surface area contributed by atoms with Crippen LogP contribution in [0.4, 0.5) is 5.69 Å². The highest BCUT2D eigenvalue weighted by Crippen LogP contribution is 2.17. The van der Waals surface area contributed by atoms with Crippen molar-refractivity contribution in [1.29, 1.82) is 0 Å². The predicted octanol–water partition coefficient (Wildman–Crippen LogP) is 2.11. The van der Waals surface area contributed by atoms with Crippen molar-refractivity contribution in [3.05, 3.63) is 29.8 Å². The van der Waals surface area contributed by atoms with E-state index in [1.165, 1.54) is 0 Å². The Morgan fingerprint density at radius 3 is 2.81 bits per heavy atom. The van der Waals surface area contributed by atoms with Crippen molar-refractivity contribution in [3.8, 4) is 0 Å². The van der Waals surface area contributed by atoms with E-state index in [0.29, 0.717) is 13.2 Å². The first-order valence-corrected chi connectivity index (χ1v) is 5.30. The van der Waals surface area contributed by atoms with Gasteiger partial charge in [-0.25, -0.2) is 0 Å². The number of hydrogen-bond acceptors (Lipinski definition) is 3. The largest absolute Gasteiger partial charge is 0.480 e. The molecule has 1 aromatic rings. The smallest absolute Gasteiger partial charge is 0.325 e. The fourth-order valence-corrected chi connectivity index (χ4v) is 1.29. The Kier molecular flexibility index (Phi) is 4.79. The Labute approximate surface area is 95.2 Å². The number of para-hydroxylation sites is 1. The number of aliphatic carboxylic acids is 1. The molecule has 1 aromatic carbocycles. The van der Waals surface area contributed by atoms with Gasteiger partial charge in [0.25, 0.3) is 0 Å². The molecule has 0 spiro atoms. The van der Waals surface area contributed by atoms with Crippen molar-refractivity contribution < 1.29 is 14.6 Å². The minimum absolute atomic E-state index is 0.492. The maximum Gasteiger partial charge on any atom is 0.325 e. The van der Waals surface area contributed by atoms with Crippen LogP contribution < -0.4 is 5.32 Å². The summed E-state index contributed by atoms with van der Waals surface area (Å²) in [6, 6.07) is 6.94. The SMILES string of the molecule is CCOCc1ccccc1NC(C)C(=O)O. The summed E-state index contributed by atoms with van der Waals surface area (Å²) in [7, 11) is 0. The minimum atomic E-state index is -0.869. The van der Waals surface area contributed by atoms with Gasteiger partial charge in [-0.3, -0.25) is 4.79 Å². The lowest BCUT2D eigenvalue weighted by molar-refractivity contribution is -0.137. The van der Waals surface area contributed by atoms with Gasteiger partial charge in [0.05, 0.1) is 6.61 Å². The Morgan fingerprint density at radius 2 is 2.19 bits per heavy atom. The zero-order valence-electron chi connectivity index (χ0n) is 9.56. The third-order valence-corrected chi connectivity index (χ3v) is 2.22. The number of benzene rings is 1. The molecule has 0 bridgehead atoms. The molecule has 0 heterocycles. The Balaban J connectivity index is 2.74. The number of carboxylic acid groups (broad SMARTS) is 1. The summed E-state index contributed by atoms with van der Waals surface area (Å²) in [6.45, 7) is 4.67. The summed E-state index contributed by atoms with van der Waals surface area (Å²) in [4.78, 5) is 10.7. The average molecular weight is 223 g/mol. The van der Waals surface area contributed by atoms with Gasteiger partial charge in [-0.05, 0) is 19.9 Å². The zero-order chi connectivity index (χ0) is 12.0. The first kappa shape index (κ1) is 12.5. The molecular weight excluding hydrogens is 206 g/mol. The lowest BCUT2D eigenvalue weighted by atomic mass is 10.1. The van der Waals surface area contributed by atoms with Gasteiger partial charge in [-0.1, -0.05) is 18.2 Å². The molecule has 16 heavy (non-hydrogen) atoms. The monoisotopic (exact) mass is 223 g/mol. The summed E-state index contributed by atoms with van der Waals surface area (Å²) in [5, 5.41) is 11.8. The molecule has 4 nitrogen and oxygen atoms in total. The highest BCUT2D eigenvalue weighted by molar-refractivity contribution is 5.77. The lowest BCUT2D eigenvalue weighted by Gasteiger charge is -2.14. The quantitative estimate of drug-likeness (QED) is 0.775. The van der Waals surface area contributed by atoms with Crippen LogP contribution in [0.1, 0.15) is 19.4 Å². The van der Waals surface area contributed by atoms with Crippen molar-refractivity contribution in [2.24, 2.45) is 0 Å². The lowest BCUT2D eigenvalue weighted by Crippen LogP contribution is -2.25. The molecule has 1 unspecified atom stereocenters. The maximum atomic E-state index is 10.7.